The van der Waals surface area contributed by atoms with Gasteiger partial charge in [0.25, 0.3) is 0 Å². The topological polar surface area (TPSA) is 81.9 Å². The van der Waals surface area contributed by atoms with Gasteiger partial charge in [0, 0.05) is 18.3 Å². The molecule has 2 heterocycles. The summed E-state index contributed by atoms with van der Waals surface area (Å²) in [6, 6.07) is 9.59. The molecule has 0 spiro atoms. The summed E-state index contributed by atoms with van der Waals surface area (Å²) in [4.78, 5) is 20.3. The van der Waals surface area contributed by atoms with Crippen LogP contribution in [0.4, 0.5) is 4.39 Å². The Labute approximate surface area is 149 Å². The monoisotopic (exact) mass is 355 g/mol. The predicted molar refractivity (Wildman–Crippen MR) is 91.7 cm³/mol. The second-order valence-electron chi connectivity index (χ2n) is 5.74. The zero-order chi connectivity index (χ0) is 18.4. The van der Waals surface area contributed by atoms with Crippen molar-refractivity contribution in [1.82, 2.24) is 25.1 Å². The number of carbonyl (C=O) groups excluding carboxylic acids is 1. The molecular formula is C18H18FN5O2. The zero-order valence-electron chi connectivity index (χ0n) is 14.2. The van der Waals surface area contributed by atoms with E-state index in [0.717, 1.165) is 0 Å². The molecule has 3 rings (SSSR count). The summed E-state index contributed by atoms with van der Waals surface area (Å²) in [6.45, 7) is 2.45. The van der Waals surface area contributed by atoms with E-state index in [1.54, 1.807) is 48.4 Å². The van der Waals surface area contributed by atoms with Crippen LogP contribution in [0.1, 0.15) is 12.5 Å². The van der Waals surface area contributed by atoms with Gasteiger partial charge in [-0.25, -0.2) is 14.4 Å². The molecule has 1 amide bonds. The van der Waals surface area contributed by atoms with Crippen molar-refractivity contribution >= 4 is 5.91 Å². The maximum Gasteiger partial charge on any atom is 0.224 e. The Hall–Kier alpha value is -3.29. The lowest BCUT2D eigenvalue weighted by atomic mass is 10.1. The Balaban J connectivity index is 1.63. The normalized spacial score (nSPS) is 11.8. The molecular weight excluding hydrogens is 337 g/mol. The molecule has 8 heteroatoms. The summed E-state index contributed by atoms with van der Waals surface area (Å²) < 4.78 is 20.9. The van der Waals surface area contributed by atoms with Crippen molar-refractivity contribution in [3.05, 3.63) is 66.6 Å². The predicted octanol–water partition coefficient (Wildman–Crippen LogP) is 2.56. The van der Waals surface area contributed by atoms with E-state index in [1.165, 1.54) is 18.5 Å². The molecule has 2 aromatic heterocycles. The van der Waals surface area contributed by atoms with Crippen molar-refractivity contribution in [2.24, 2.45) is 5.92 Å². The molecule has 0 saturated heterocycles. The van der Waals surface area contributed by atoms with Crippen molar-refractivity contribution in [3.8, 4) is 11.6 Å². The van der Waals surface area contributed by atoms with Crippen LogP contribution in [-0.2, 0) is 17.9 Å². The molecule has 0 aliphatic heterocycles. The number of hydrogen-bond acceptors (Lipinski definition) is 5. The van der Waals surface area contributed by atoms with Gasteiger partial charge in [0.1, 0.15) is 12.7 Å². The highest BCUT2D eigenvalue weighted by Crippen LogP contribution is 2.25. The summed E-state index contributed by atoms with van der Waals surface area (Å²) >= 11 is 0. The minimum absolute atomic E-state index is 0.0818. The molecule has 0 aliphatic rings. The Bertz CT molecular complexity index is 870. The number of benzene rings is 1. The van der Waals surface area contributed by atoms with E-state index in [4.69, 9.17) is 4.74 Å². The molecule has 0 aliphatic carbocycles. The van der Waals surface area contributed by atoms with E-state index in [9.17, 15) is 9.18 Å². The fraction of sp³-hybridized carbons (Fsp3) is 0.222. The number of para-hydroxylation sites is 1. The van der Waals surface area contributed by atoms with Gasteiger partial charge in [-0.15, -0.1) is 0 Å². The Morgan fingerprint density at radius 1 is 1.31 bits per heavy atom. The fourth-order valence-corrected chi connectivity index (χ4v) is 2.33. The fourth-order valence-electron chi connectivity index (χ4n) is 2.33. The van der Waals surface area contributed by atoms with E-state index < -0.39 is 5.82 Å². The third-order valence-corrected chi connectivity index (χ3v) is 3.72. The average Bonchev–Trinajstić information content (AvgIpc) is 3.15. The largest absolute Gasteiger partial charge is 0.436 e. The van der Waals surface area contributed by atoms with Crippen molar-refractivity contribution < 1.29 is 13.9 Å². The van der Waals surface area contributed by atoms with E-state index in [0.29, 0.717) is 12.1 Å². The number of hydrogen-bond donors (Lipinski definition) is 1. The molecule has 0 fully saturated rings. The number of rotatable bonds is 7. The van der Waals surface area contributed by atoms with Crippen LogP contribution in [0.15, 0.2) is 55.2 Å². The van der Waals surface area contributed by atoms with Gasteiger partial charge in [0.05, 0.1) is 12.5 Å². The minimum Gasteiger partial charge on any atom is -0.436 e. The lowest BCUT2D eigenvalue weighted by Gasteiger charge is -2.14. The summed E-state index contributed by atoms with van der Waals surface area (Å²) in [5.74, 6) is -0.569. The molecule has 3 aromatic rings. The quantitative estimate of drug-likeness (QED) is 0.704. The highest BCUT2D eigenvalue weighted by atomic mass is 19.1. The summed E-state index contributed by atoms with van der Waals surface area (Å²) in [6.07, 6.45) is 4.53. The average molecular weight is 355 g/mol. The van der Waals surface area contributed by atoms with Crippen molar-refractivity contribution in [1.29, 1.82) is 0 Å². The first kappa shape index (κ1) is 17.5. The lowest BCUT2D eigenvalue weighted by Crippen LogP contribution is -2.31. The molecule has 1 unspecified atom stereocenters. The van der Waals surface area contributed by atoms with Crippen molar-refractivity contribution in [3.63, 3.8) is 0 Å². The molecule has 1 N–H and O–H groups in total. The van der Waals surface area contributed by atoms with Crippen LogP contribution in [0.2, 0.25) is 0 Å². The van der Waals surface area contributed by atoms with Gasteiger partial charge in [0.2, 0.25) is 11.8 Å². The number of amides is 1. The molecule has 134 valence electrons. The number of nitrogens with one attached hydrogen (secondary N) is 1. The number of aromatic nitrogens is 4. The second kappa shape index (κ2) is 8.19. The molecule has 0 bridgehead atoms. The van der Waals surface area contributed by atoms with Gasteiger partial charge in [-0.1, -0.05) is 25.1 Å². The standard InChI is InChI=1S/C18H18FN5O2/c1-13(10-24-12-20-11-23-24)17(25)22-9-14-5-4-8-21-18(14)26-16-7-3-2-6-15(16)19/h2-8,11-13H,9-10H2,1H3,(H,22,25). The van der Waals surface area contributed by atoms with Crippen LogP contribution < -0.4 is 10.1 Å². The molecule has 26 heavy (non-hydrogen) atoms. The highest BCUT2D eigenvalue weighted by molar-refractivity contribution is 5.78. The van der Waals surface area contributed by atoms with Gasteiger partial charge in [-0.2, -0.15) is 5.10 Å². The van der Waals surface area contributed by atoms with Crippen LogP contribution >= 0.6 is 0 Å². The summed E-state index contributed by atoms with van der Waals surface area (Å²) in [7, 11) is 0. The molecule has 7 nitrogen and oxygen atoms in total. The minimum atomic E-state index is -0.477. The first-order valence-corrected chi connectivity index (χ1v) is 8.10. The lowest BCUT2D eigenvalue weighted by molar-refractivity contribution is -0.125. The van der Waals surface area contributed by atoms with Crippen LogP contribution in [0, 0.1) is 11.7 Å². The van der Waals surface area contributed by atoms with E-state index >= 15 is 0 Å². The number of pyridine rings is 1. The van der Waals surface area contributed by atoms with Gasteiger partial charge >= 0.3 is 0 Å². The molecule has 0 saturated carbocycles. The van der Waals surface area contributed by atoms with Gasteiger partial charge < -0.3 is 10.1 Å². The zero-order valence-corrected chi connectivity index (χ0v) is 14.2. The molecule has 1 atom stereocenters. The Morgan fingerprint density at radius 3 is 2.92 bits per heavy atom. The van der Waals surface area contributed by atoms with E-state index in [2.05, 4.69) is 20.4 Å². The smallest absolute Gasteiger partial charge is 0.224 e. The first-order valence-electron chi connectivity index (χ1n) is 8.10. The third kappa shape index (κ3) is 4.41. The van der Waals surface area contributed by atoms with Crippen LogP contribution in [0.3, 0.4) is 0 Å². The van der Waals surface area contributed by atoms with Crippen LogP contribution in [0.25, 0.3) is 0 Å². The first-order chi connectivity index (χ1) is 12.6. The van der Waals surface area contributed by atoms with Crippen LogP contribution in [-0.4, -0.2) is 25.7 Å². The Morgan fingerprint density at radius 2 is 2.15 bits per heavy atom. The second-order valence-corrected chi connectivity index (χ2v) is 5.74. The number of carbonyl (C=O) groups is 1. The molecule has 0 radical (unpaired) electrons. The Kier molecular flexibility index (Phi) is 5.52. The summed E-state index contributed by atoms with van der Waals surface area (Å²) in [5, 5.41) is 6.82. The summed E-state index contributed by atoms with van der Waals surface area (Å²) in [5.41, 5.74) is 0.650. The van der Waals surface area contributed by atoms with E-state index in [-0.39, 0.29) is 30.0 Å². The maximum absolute atomic E-state index is 13.8. The third-order valence-electron chi connectivity index (χ3n) is 3.72. The van der Waals surface area contributed by atoms with Gasteiger partial charge in [0.15, 0.2) is 11.6 Å². The highest BCUT2D eigenvalue weighted by Gasteiger charge is 2.15. The number of ether oxygens (including phenoxy) is 1. The molecule has 1 aromatic carbocycles. The van der Waals surface area contributed by atoms with Gasteiger partial charge in [-0.3, -0.25) is 9.48 Å². The van der Waals surface area contributed by atoms with Crippen LogP contribution in [0.5, 0.6) is 11.6 Å². The van der Waals surface area contributed by atoms with E-state index in [1.807, 2.05) is 0 Å². The number of nitrogens with zero attached hydrogens (tertiary/aromatic N) is 4. The maximum atomic E-state index is 13.8. The number of halogens is 1. The van der Waals surface area contributed by atoms with Gasteiger partial charge in [-0.05, 0) is 18.2 Å². The van der Waals surface area contributed by atoms with Crippen molar-refractivity contribution in [2.75, 3.05) is 0 Å². The van der Waals surface area contributed by atoms with Crippen molar-refractivity contribution in [2.45, 2.75) is 20.0 Å². The SMILES string of the molecule is CC(Cn1cncn1)C(=O)NCc1cccnc1Oc1ccccc1F.